The van der Waals surface area contributed by atoms with Crippen LogP contribution in [0.4, 0.5) is 5.69 Å². The molecule has 0 saturated carbocycles. The van der Waals surface area contributed by atoms with Crippen molar-refractivity contribution in [3.05, 3.63) is 35.4 Å². The molecule has 0 aliphatic heterocycles. The molecule has 0 aromatic heterocycles. The Morgan fingerprint density at radius 2 is 1.53 bits per heavy atom. The van der Waals surface area contributed by atoms with Gasteiger partial charge in [-0.3, -0.25) is 0 Å². The summed E-state index contributed by atoms with van der Waals surface area (Å²) in [7, 11) is 0. The van der Waals surface area contributed by atoms with Crippen LogP contribution in [0.2, 0.25) is 5.02 Å². The number of rotatable bonds is 1. The second kappa shape index (κ2) is 4.07. The first-order valence-corrected chi connectivity index (χ1v) is 5.18. The fourth-order valence-corrected chi connectivity index (χ4v) is 1.71. The van der Waals surface area contributed by atoms with E-state index in [4.69, 9.17) is 17.3 Å². The van der Waals surface area contributed by atoms with Crippen molar-refractivity contribution >= 4 is 17.3 Å². The van der Waals surface area contributed by atoms with Crippen molar-refractivity contribution in [2.75, 3.05) is 5.73 Å². The first kappa shape index (κ1) is 11.4. The maximum atomic E-state index is 9.75. The van der Waals surface area contributed by atoms with E-state index in [2.05, 4.69) is 0 Å². The van der Waals surface area contributed by atoms with Crippen LogP contribution in [0, 0.1) is 0 Å². The first-order valence-electron chi connectivity index (χ1n) is 4.80. The minimum Gasteiger partial charge on any atom is -0.507 e. The molecule has 4 nitrogen and oxygen atoms in total. The molecule has 17 heavy (non-hydrogen) atoms. The third-order valence-electron chi connectivity index (χ3n) is 2.43. The molecule has 0 aliphatic rings. The third-order valence-corrected chi connectivity index (χ3v) is 2.67. The third kappa shape index (κ3) is 1.94. The molecular formula is C12H10ClNO3. The van der Waals surface area contributed by atoms with E-state index in [0.29, 0.717) is 10.6 Å². The number of anilines is 1. The summed E-state index contributed by atoms with van der Waals surface area (Å²) in [4.78, 5) is 0. The largest absolute Gasteiger partial charge is 0.507 e. The van der Waals surface area contributed by atoms with E-state index < -0.39 is 5.75 Å². The molecule has 2 rings (SSSR count). The van der Waals surface area contributed by atoms with Gasteiger partial charge in [-0.2, -0.15) is 0 Å². The average Bonchev–Trinajstić information content (AvgIpc) is 2.28. The lowest BCUT2D eigenvalue weighted by Crippen LogP contribution is -1.88. The molecule has 2 aromatic rings. The number of hydrogen-bond acceptors (Lipinski definition) is 4. The Morgan fingerprint density at radius 1 is 0.882 bits per heavy atom. The molecule has 0 radical (unpaired) electrons. The Morgan fingerprint density at radius 3 is 2.18 bits per heavy atom. The molecule has 0 bridgehead atoms. The van der Waals surface area contributed by atoms with E-state index in [9.17, 15) is 15.3 Å². The van der Waals surface area contributed by atoms with Crippen molar-refractivity contribution in [3.8, 4) is 28.4 Å². The Bertz CT molecular complexity index is 584. The normalized spacial score (nSPS) is 10.4. The lowest BCUT2D eigenvalue weighted by molar-refractivity contribution is 0.406. The number of phenolic OH excluding ortho intramolecular Hbond substituents is 3. The molecule has 5 N–H and O–H groups in total. The number of nitrogen functional groups attached to an aromatic ring is 1. The van der Waals surface area contributed by atoms with Gasteiger partial charge in [0.25, 0.3) is 0 Å². The predicted octanol–water partition coefficient (Wildman–Crippen LogP) is 2.71. The van der Waals surface area contributed by atoms with Crippen LogP contribution in [0.1, 0.15) is 0 Å². The van der Waals surface area contributed by atoms with Gasteiger partial charge in [0.2, 0.25) is 0 Å². The monoisotopic (exact) mass is 251 g/mol. The summed E-state index contributed by atoms with van der Waals surface area (Å²) < 4.78 is 0. The predicted molar refractivity (Wildman–Crippen MR) is 66.3 cm³/mol. The van der Waals surface area contributed by atoms with Gasteiger partial charge in [0.1, 0.15) is 5.75 Å². The second-order valence-electron chi connectivity index (χ2n) is 3.56. The van der Waals surface area contributed by atoms with Crippen LogP contribution >= 0.6 is 11.6 Å². The van der Waals surface area contributed by atoms with Gasteiger partial charge in [-0.1, -0.05) is 11.6 Å². The molecule has 0 atom stereocenters. The van der Waals surface area contributed by atoms with Crippen molar-refractivity contribution in [3.63, 3.8) is 0 Å². The van der Waals surface area contributed by atoms with E-state index in [1.165, 1.54) is 18.2 Å². The van der Waals surface area contributed by atoms with Gasteiger partial charge in [-0.25, -0.2) is 0 Å². The lowest BCUT2D eigenvalue weighted by atomic mass is 10.0. The highest BCUT2D eigenvalue weighted by atomic mass is 35.5. The topological polar surface area (TPSA) is 86.7 Å². The van der Waals surface area contributed by atoms with Gasteiger partial charge in [0.05, 0.1) is 5.69 Å². The summed E-state index contributed by atoms with van der Waals surface area (Å²) in [6.45, 7) is 0. The number of hydrogen-bond donors (Lipinski definition) is 4. The fraction of sp³-hybridized carbons (Fsp3) is 0. The summed E-state index contributed by atoms with van der Waals surface area (Å²) in [5, 5.41) is 29.4. The first-order chi connectivity index (χ1) is 8.00. The van der Waals surface area contributed by atoms with E-state index in [1.54, 1.807) is 12.1 Å². The fourth-order valence-electron chi connectivity index (χ4n) is 1.55. The summed E-state index contributed by atoms with van der Waals surface area (Å²) in [6.07, 6.45) is 0. The van der Waals surface area contributed by atoms with Crippen LogP contribution < -0.4 is 5.73 Å². The van der Waals surface area contributed by atoms with Gasteiger partial charge in [-0.05, 0) is 30.3 Å². The van der Waals surface area contributed by atoms with Crippen molar-refractivity contribution in [1.29, 1.82) is 0 Å². The van der Waals surface area contributed by atoms with Gasteiger partial charge in [0, 0.05) is 16.1 Å². The Hall–Kier alpha value is -2.07. The van der Waals surface area contributed by atoms with Crippen LogP contribution in [0.5, 0.6) is 17.2 Å². The highest BCUT2D eigenvalue weighted by Gasteiger charge is 2.14. The van der Waals surface area contributed by atoms with Crippen LogP contribution in [-0.4, -0.2) is 15.3 Å². The van der Waals surface area contributed by atoms with Crippen molar-refractivity contribution in [1.82, 2.24) is 0 Å². The van der Waals surface area contributed by atoms with Crippen LogP contribution in [0.25, 0.3) is 11.1 Å². The maximum absolute atomic E-state index is 9.75. The molecule has 0 spiro atoms. The summed E-state index contributed by atoms with van der Waals surface area (Å²) >= 11 is 5.71. The van der Waals surface area contributed by atoms with E-state index in [-0.39, 0.29) is 22.7 Å². The van der Waals surface area contributed by atoms with Crippen LogP contribution in [-0.2, 0) is 0 Å². The zero-order valence-electron chi connectivity index (χ0n) is 8.68. The summed E-state index contributed by atoms with van der Waals surface area (Å²) in [5.41, 5.74) is 6.15. The average molecular weight is 252 g/mol. The van der Waals surface area contributed by atoms with Gasteiger partial charge in [-0.15, -0.1) is 0 Å². The molecule has 88 valence electrons. The highest BCUT2D eigenvalue weighted by Crippen LogP contribution is 2.43. The Balaban J connectivity index is 2.65. The minimum atomic E-state index is -0.406. The number of halogens is 1. The standard InChI is InChI=1S/C12H10ClNO3/c13-6-1-2-7(10(15)5-6)8-3-4-9(14)12(17)11(8)16/h1-5,15-17H,14H2. The number of benzene rings is 2. The molecule has 0 unspecified atom stereocenters. The molecule has 0 fully saturated rings. The van der Waals surface area contributed by atoms with E-state index in [1.807, 2.05) is 0 Å². The molecule has 0 aliphatic carbocycles. The minimum absolute atomic E-state index is 0.0692. The zero-order valence-corrected chi connectivity index (χ0v) is 9.44. The summed E-state index contributed by atoms with van der Waals surface area (Å²) in [5.74, 6) is -0.864. The molecule has 2 aromatic carbocycles. The number of nitrogens with two attached hydrogens (primary N) is 1. The molecule has 5 heteroatoms. The SMILES string of the molecule is Nc1ccc(-c2ccc(Cl)cc2O)c(O)c1O. The smallest absolute Gasteiger partial charge is 0.181 e. The second-order valence-corrected chi connectivity index (χ2v) is 4.00. The van der Waals surface area contributed by atoms with Crippen LogP contribution in [0.15, 0.2) is 30.3 Å². The van der Waals surface area contributed by atoms with Crippen LogP contribution in [0.3, 0.4) is 0 Å². The lowest BCUT2D eigenvalue weighted by Gasteiger charge is -2.10. The van der Waals surface area contributed by atoms with E-state index in [0.717, 1.165) is 0 Å². The summed E-state index contributed by atoms with van der Waals surface area (Å²) in [6, 6.07) is 7.42. The van der Waals surface area contributed by atoms with Crippen molar-refractivity contribution < 1.29 is 15.3 Å². The molecule has 0 amide bonds. The molecule has 0 saturated heterocycles. The Kier molecular flexibility index (Phi) is 2.73. The molecular weight excluding hydrogens is 242 g/mol. The number of aromatic hydroxyl groups is 3. The van der Waals surface area contributed by atoms with Gasteiger partial charge >= 0.3 is 0 Å². The maximum Gasteiger partial charge on any atom is 0.181 e. The van der Waals surface area contributed by atoms with Gasteiger partial charge < -0.3 is 21.1 Å². The quantitative estimate of drug-likeness (QED) is 0.464. The molecule has 0 heterocycles. The number of phenols is 3. The van der Waals surface area contributed by atoms with Crippen molar-refractivity contribution in [2.45, 2.75) is 0 Å². The zero-order chi connectivity index (χ0) is 12.6. The highest BCUT2D eigenvalue weighted by molar-refractivity contribution is 6.30. The van der Waals surface area contributed by atoms with Crippen molar-refractivity contribution in [2.24, 2.45) is 0 Å². The van der Waals surface area contributed by atoms with Gasteiger partial charge in [0.15, 0.2) is 11.5 Å². The van der Waals surface area contributed by atoms with E-state index >= 15 is 0 Å². The Labute approximate surface area is 103 Å².